The largest absolute Gasteiger partial charge is 0.397 e. The minimum Gasteiger partial charge on any atom is -0.397 e. The van der Waals surface area contributed by atoms with Crippen molar-refractivity contribution in [1.29, 1.82) is 0 Å². The number of nitrogens with two attached hydrogens (primary N) is 1. The van der Waals surface area contributed by atoms with Crippen molar-refractivity contribution in [3.8, 4) is 11.6 Å². The fourth-order valence-electron chi connectivity index (χ4n) is 1.77. The lowest BCUT2D eigenvalue weighted by atomic mass is 10.1. The topological polar surface area (TPSA) is 77.8 Å². The van der Waals surface area contributed by atoms with Crippen LogP contribution in [-0.2, 0) is 6.42 Å². The molecule has 0 aliphatic rings. The van der Waals surface area contributed by atoms with E-state index in [1.54, 1.807) is 18.3 Å². The van der Waals surface area contributed by atoms with Gasteiger partial charge in [0.1, 0.15) is 5.69 Å². The molecule has 0 aliphatic carbocycles. The summed E-state index contributed by atoms with van der Waals surface area (Å²) in [6.07, 6.45) is 2.16. The fourth-order valence-corrected chi connectivity index (χ4v) is 2.20. The van der Waals surface area contributed by atoms with E-state index in [1.165, 1.54) is 0 Å². The number of aromatic nitrogens is 3. The van der Waals surface area contributed by atoms with E-state index in [-0.39, 0.29) is 0 Å². The molecule has 2 N–H and O–H groups in total. The third kappa shape index (κ3) is 2.70. The number of halogens is 1. The lowest BCUT2D eigenvalue weighted by Crippen LogP contribution is -1.92. The summed E-state index contributed by atoms with van der Waals surface area (Å²) >= 11 is 3.50. The number of nitrogens with zero attached hydrogens (tertiary/aromatic N) is 3. The third-order valence-corrected chi connectivity index (χ3v) is 3.55. The van der Waals surface area contributed by atoms with Crippen LogP contribution >= 0.6 is 15.9 Å². The van der Waals surface area contributed by atoms with Gasteiger partial charge in [0.15, 0.2) is 5.82 Å². The Morgan fingerprint density at radius 2 is 2.00 bits per heavy atom. The van der Waals surface area contributed by atoms with Crippen LogP contribution in [0, 0.1) is 0 Å². The van der Waals surface area contributed by atoms with Crippen LogP contribution in [0.25, 0.3) is 11.6 Å². The van der Waals surface area contributed by atoms with Gasteiger partial charge in [0.2, 0.25) is 0 Å². The van der Waals surface area contributed by atoms with Gasteiger partial charge in [0.05, 0.1) is 11.9 Å². The van der Waals surface area contributed by atoms with E-state index in [2.05, 4.69) is 31.1 Å². The molecule has 0 aliphatic heterocycles. The Morgan fingerprint density at radius 3 is 2.75 bits per heavy atom. The van der Waals surface area contributed by atoms with Crippen molar-refractivity contribution in [2.75, 3.05) is 5.73 Å². The van der Waals surface area contributed by atoms with Crippen molar-refractivity contribution in [3.05, 3.63) is 58.5 Å². The molecule has 100 valence electrons. The van der Waals surface area contributed by atoms with Crippen molar-refractivity contribution in [3.63, 3.8) is 0 Å². The molecule has 5 nitrogen and oxygen atoms in total. The predicted molar refractivity (Wildman–Crippen MR) is 78.9 cm³/mol. The number of hydrogen-bond donors (Lipinski definition) is 1. The van der Waals surface area contributed by atoms with E-state index in [9.17, 15) is 0 Å². The Labute approximate surface area is 124 Å². The second-order valence-corrected chi connectivity index (χ2v) is 5.12. The molecule has 1 aromatic carbocycles. The highest BCUT2D eigenvalue weighted by atomic mass is 79.9. The molecule has 20 heavy (non-hydrogen) atoms. The molecule has 0 unspecified atom stereocenters. The molecule has 0 amide bonds. The normalized spacial score (nSPS) is 10.7. The van der Waals surface area contributed by atoms with Crippen LogP contribution < -0.4 is 5.73 Å². The van der Waals surface area contributed by atoms with Crippen LogP contribution in [0.15, 0.2) is 51.6 Å². The van der Waals surface area contributed by atoms with Crippen molar-refractivity contribution < 1.29 is 4.52 Å². The molecule has 0 saturated heterocycles. The first-order valence-electron chi connectivity index (χ1n) is 6.00. The maximum atomic E-state index is 5.59. The quantitative estimate of drug-likeness (QED) is 0.798. The highest BCUT2D eigenvalue weighted by Gasteiger charge is 2.11. The van der Waals surface area contributed by atoms with E-state index in [1.807, 2.05) is 24.3 Å². The Bertz CT molecular complexity index is 724. The van der Waals surface area contributed by atoms with Crippen molar-refractivity contribution in [2.24, 2.45) is 0 Å². The average molecular weight is 331 g/mol. The zero-order valence-electron chi connectivity index (χ0n) is 10.5. The van der Waals surface area contributed by atoms with E-state index < -0.39 is 0 Å². The maximum absolute atomic E-state index is 5.59. The smallest absolute Gasteiger partial charge is 0.276 e. The second-order valence-electron chi connectivity index (χ2n) is 4.26. The number of nitrogen functional groups attached to an aromatic ring is 1. The van der Waals surface area contributed by atoms with Gasteiger partial charge in [-0.2, -0.15) is 4.98 Å². The van der Waals surface area contributed by atoms with Gasteiger partial charge in [0, 0.05) is 10.9 Å². The number of benzene rings is 1. The van der Waals surface area contributed by atoms with Crippen molar-refractivity contribution >= 4 is 21.6 Å². The van der Waals surface area contributed by atoms with E-state index in [0.29, 0.717) is 29.5 Å². The van der Waals surface area contributed by atoms with E-state index in [4.69, 9.17) is 10.3 Å². The van der Waals surface area contributed by atoms with Crippen molar-refractivity contribution in [2.45, 2.75) is 6.42 Å². The molecule has 3 aromatic rings. The summed E-state index contributed by atoms with van der Waals surface area (Å²) in [6.45, 7) is 0. The number of pyridine rings is 1. The predicted octanol–water partition coefficient (Wildman–Crippen LogP) is 3.07. The molecular formula is C14H11BrN4O. The number of rotatable bonds is 3. The first-order chi connectivity index (χ1) is 9.72. The molecule has 0 fully saturated rings. The summed E-state index contributed by atoms with van der Waals surface area (Å²) in [5.41, 5.74) is 7.91. The molecule has 0 bridgehead atoms. The zero-order chi connectivity index (χ0) is 13.9. The van der Waals surface area contributed by atoms with Crippen LogP contribution in [-0.4, -0.2) is 15.1 Å². The Morgan fingerprint density at radius 1 is 1.15 bits per heavy atom. The van der Waals surface area contributed by atoms with Crippen LogP contribution in [0.1, 0.15) is 11.4 Å². The molecule has 0 saturated carbocycles. The first-order valence-corrected chi connectivity index (χ1v) is 6.79. The Balaban J connectivity index is 1.84. The lowest BCUT2D eigenvalue weighted by Gasteiger charge is -1.99. The first kappa shape index (κ1) is 12.8. The SMILES string of the molecule is Nc1ccc(-c2nc(Cc3ccccc3Br)no2)nc1. The molecule has 2 aromatic heterocycles. The van der Waals surface area contributed by atoms with Gasteiger partial charge in [-0.3, -0.25) is 0 Å². The van der Waals surface area contributed by atoms with Gasteiger partial charge in [-0.15, -0.1) is 0 Å². The molecule has 6 heteroatoms. The van der Waals surface area contributed by atoms with Gasteiger partial charge in [-0.05, 0) is 23.8 Å². The molecule has 0 atom stereocenters. The molecule has 0 radical (unpaired) electrons. The van der Waals surface area contributed by atoms with Gasteiger partial charge in [0.25, 0.3) is 5.89 Å². The van der Waals surface area contributed by atoms with Crippen LogP contribution in [0.5, 0.6) is 0 Å². The minimum absolute atomic E-state index is 0.395. The summed E-state index contributed by atoms with van der Waals surface area (Å²) in [5, 5.41) is 3.97. The molecule has 3 rings (SSSR count). The summed E-state index contributed by atoms with van der Waals surface area (Å²) in [4.78, 5) is 8.50. The highest BCUT2D eigenvalue weighted by molar-refractivity contribution is 9.10. The Hall–Kier alpha value is -2.21. The number of anilines is 1. The minimum atomic E-state index is 0.395. The third-order valence-electron chi connectivity index (χ3n) is 2.78. The Kier molecular flexibility index (Phi) is 3.47. The van der Waals surface area contributed by atoms with Gasteiger partial charge in [-0.25, -0.2) is 4.98 Å². The van der Waals surface area contributed by atoms with Crippen LogP contribution in [0.4, 0.5) is 5.69 Å². The highest BCUT2D eigenvalue weighted by Crippen LogP contribution is 2.20. The molecule has 0 spiro atoms. The van der Waals surface area contributed by atoms with E-state index >= 15 is 0 Å². The number of hydrogen-bond acceptors (Lipinski definition) is 5. The lowest BCUT2D eigenvalue weighted by molar-refractivity contribution is 0.422. The average Bonchev–Trinajstić information content (AvgIpc) is 2.91. The summed E-state index contributed by atoms with van der Waals surface area (Å²) in [6, 6.07) is 11.4. The monoisotopic (exact) mass is 330 g/mol. The second kappa shape index (κ2) is 5.42. The van der Waals surface area contributed by atoms with E-state index in [0.717, 1.165) is 10.0 Å². The fraction of sp³-hybridized carbons (Fsp3) is 0.0714. The standard InChI is InChI=1S/C14H11BrN4O/c15-11-4-2-1-3-9(11)7-13-18-14(20-19-13)12-6-5-10(16)8-17-12/h1-6,8H,7,16H2. The van der Waals surface area contributed by atoms with Gasteiger partial charge in [-0.1, -0.05) is 39.3 Å². The van der Waals surface area contributed by atoms with Crippen LogP contribution in [0.3, 0.4) is 0 Å². The van der Waals surface area contributed by atoms with Gasteiger partial charge < -0.3 is 10.3 Å². The molecule has 2 heterocycles. The summed E-state index contributed by atoms with van der Waals surface area (Å²) < 4.78 is 6.25. The maximum Gasteiger partial charge on any atom is 0.276 e. The molecular weight excluding hydrogens is 320 g/mol. The van der Waals surface area contributed by atoms with Crippen molar-refractivity contribution in [1.82, 2.24) is 15.1 Å². The van der Waals surface area contributed by atoms with Gasteiger partial charge >= 0.3 is 0 Å². The van der Waals surface area contributed by atoms with Crippen LogP contribution in [0.2, 0.25) is 0 Å². The zero-order valence-corrected chi connectivity index (χ0v) is 12.0. The summed E-state index contributed by atoms with van der Waals surface area (Å²) in [5.74, 6) is 1.01. The summed E-state index contributed by atoms with van der Waals surface area (Å²) in [7, 11) is 0.